The fraction of sp³-hybridized carbons (Fsp3) is 0.375. The van der Waals surface area contributed by atoms with Crippen molar-refractivity contribution in [2.75, 3.05) is 13.1 Å². The molecule has 1 fully saturated rings. The zero-order chi connectivity index (χ0) is 11.9. The van der Waals surface area contributed by atoms with Crippen LogP contribution in [0, 0.1) is 5.92 Å². The smallest absolute Gasteiger partial charge is 0.550 e. The largest absolute Gasteiger partial charge is 1.00 e. The van der Waals surface area contributed by atoms with E-state index >= 15 is 0 Å². The van der Waals surface area contributed by atoms with Crippen molar-refractivity contribution in [1.29, 1.82) is 0 Å². The number of carboxylic acid groups (broad SMARTS) is 1. The molecule has 0 atom stereocenters. The van der Waals surface area contributed by atoms with Crippen molar-refractivity contribution in [1.82, 2.24) is 4.31 Å². The number of carbonyl (C=O) groups is 1. The molecular weight excluding hydrogens is 281 g/mol. The van der Waals surface area contributed by atoms with Gasteiger partial charge in [0.05, 0.1) is 4.34 Å². The molecule has 2 heterocycles. The summed E-state index contributed by atoms with van der Waals surface area (Å²) in [5, 5.41) is 10.4. The minimum absolute atomic E-state index is 0. The first-order chi connectivity index (χ1) is 7.41. The zero-order valence-corrected chi connectivity index (χ0v) is 11.3. The molecule has 0 aliphatic carbocycles. The van der Waals surface area contributed by atoms with Crippen molar-refractivity contribution < 1.29 is 37.2 Å². The van der Waals surface area contributed by atoms with E-state index in [0.29, 0.717) is 4.34 Å². The third-order valence-electron chi connectivity index (χ3n) is 2.32. The normalized spacial score (nSPS) is 17.2. The number of hydrogen-bond donors (Lipinski definition) is 0. The second-order valence-corrected chi connectivity index (χ2v) is 7.28. The second kappa shape index (κ2) is 5.30. The van der Waals surface area contributed by atoms with Crippen LogP contribution in [0.4, 0.5) is 0 Å². The number of thiophene rings is 1. The van der Waals surface area contributed by atoms with Crippen LogP contribution in [-0.4, -0.2) is 31.8 Å². The SMILES string of the molecule is O=C([O-])C1CN(S(=O)(=O)c2ccc(Cl)s2)C1.[Li+]. The van der Waals surface area contributed by atoms with Crippen LogP contribution in [0.2, 0.25) is 4.34 Å². The molecule has 1 aliphatic heterocycles. The predicted octanol–water partition coefficient (Wildman–Crippen LogP) is -3.22. The molecule has 0 radical (unpaired) electrons. The van der Waals surface area contributed by atoms with Crippen LogP contribution in [0.3, 0.4) is 0 Å². The summed E-state index contributed by atoms with van der Waals surface area (Å²) < 4.78 is 25.3. The molecule has 0 spiro atoms. The van der Waals surface area contributed by atoms with E-state index in [-0.39, 0.29) is 36.2 Å². The molecule has 9 heteroatoms. The Labute approximate surface area is 120 Å². The van der Waals surface area contributed by atoms with Gasteiger partial charge >= 0.3 is 18.9 Å². The number of hydrogen-bond acceptors (Lipinski definition) is 5. The first-order valence-corrected chi connectivity index (χ1v) is 7.01. The van der Waals surface area contributed by atoms with Gasteiger partial charge < -0.3 is 9.90 Å². The molecule has 17 heavy (non-hydrogen) atoms. The Morgan fingerprint density at radius 3 is 2.47 bits per heavy atom. The van der Waals surface area contributed by atoms with E-state index in [2.05, 4.69) is 0 Å². The Hall–Kier alpha value is -0.0326. The third kappa shape index (κ3) is 2.87. The van der Waals surface area contributed by atoms with E-state index in [0.717, 1.165) is 15.6 Å². The number of aliphatic carboxylic acids is 1. The van der Waals surface area contributed by atoms with Gasteiger partial charge in [-0.15, -0.1) is 11.3 Å². The van der Waals surface area contributed by atoms with E-state index in [1.807, 2.05) is 0 Å². The Kier molecular flexibility index (Phi) is 4.69. The van der Waals surface area contributed by atoms with Crippen LogP contribution >= 0.6 is 22.9 Å². The second-order valence-electron chi connectivity index (χ2n) is 3.40. The number of halogens is 1. The van der Waals surface area contributed by atoms with Crippen LogP contribution in [0.15, 0.2) is 16.3 Å². The summed E-state index contributed by atoms with van der Waals surface area (Å²) in [7, 11) is -3.57. The van der Waals surface area contributed by atoms with Gasteiger partial charge in [0.25, 0.3) is 10.0 Å². The summed E-state index contributed by atoms with van der Waals surface area (Å²) in [5.74, 6) is -1.92. The Balaban J connectivity index is 0.00000144. The quantitative estimate of drug-likeness (QED) is 0.548. The molecule has 0 aromatic carbocycles. The van der Waals surface area contributed by atoms with Crippen LogP contribution in [0.25, 0.3) is 0 Å². The van der Waals surface area contributed by atoms with Gasteiger partial charge in [-0.3, -0.25) is 0 Å². The van der Waals surface area contributed by atoms with E-state index in [4.69, 9.17) is 11.6 Å². The standard InChI is InChI=1S/C8H8ClNO4S2.Li/c9-6-1-2-7(15-6)16(13,14)10-3-5(4-10)8(11)12;/h1-2,5H,3-4H2,(H,11,12);/q;+1/p-1. The number of rotatable bonds is 3. The summed E-state index contributed by atoms with van der Waals surface area (Å²) in [4.78, 5) is 10.4. The van der Waals surface area contributed by atoms with Crippen LogP contribution < -0.4 is 24.0 Å². The molecule has 0 amide bonds. The van der Waals surface area contributed by atoms with Gasteiger partial charge in [0, 0.05) is 25.0 Å². The van der Waals surface area contributed by atoms with Gasteiger partial charge in [0.2, 0.25) is 0 Å². The maximum Gasteiger partial charge on any atom is 1.00 e. The maximum atomic E-state index is 11.9. The maximum absolute atomic E-state index is 11.9. The molecule has 0 saturated carbocycles. The van der Waals surface area contributed by atoms with Crippen molar-refractivity contribution in [2.24, 2.45) is 5.92 Å². The number of carboxylic acids is 1. The van der Waals surface area contributed by atoms with Gasteiger partial charge in [-0.25, -0.2) is 8.42 Å². The average Bonchev–Trinajstić information content (AvgIpc) is 2.47. The molecule has 1 aromatic heterocycles. The topological polar surface area (TPSA) is 77.5 Å². The number of sulfonamides is 1. The summed E-state index contributed by atoms with van der Waals surface area (Å²) in [5.41, 5.74) is 0. The monoisotopic (exact) mass is 287 g/mol. The average molecular weight is 288 g/mol. The number of nitrogens with zero attached hydrogens (tertiary/aromatic N) is 1. The molecule has 2 rings (SSSR count). The Bertz CT molecular complexity index is 523. The van der Waals surface area contributed by atoms with Gasteiger partial charge in [0.15, 0.2) is 0 Å². The van der Waals surface area contributed by atoms with Crippen molar-refractivity contribution in [3.05, 3.63) is 16.5 Å². The fourth-order valence-electron chi connectivity index (χ4n) is 1.35. The van der Waals surface area contributed by atoms with Crippen molar-refractivity contribution in [3.8, 4) is 0 Å². The van der Waals surface area contributed by atoms with Crippen LogP contribution in [0.5, 0.6) is 0 Å². The van der Waals surface area contributed by atoms with Gasteiger partial charge in [-0.2, -0.15) is 4.31 Å². The van der Waals surface area contributed by atoms with E-state index in [1.54, 1.807) is 0 Å². The van der Waals surface area contributed by atoms with E-state index in [9.17, 15) is 18.3 Å². The summed E-state index contributed by atoms with van der Waals surface area (Å²) in [6.07, 6.45) is 0. The first kappa shape index (κ1) is 15.0. The molecule has 1 aliphatic rings. The van der Waals surface area contributed by atoms with Crippen molar-refractivity contribution in [2.45, 2.75) is 4.21 Å². The van der Waals surface area contributed by atoms with Crippen molar-refractivity contribution in [3.63, 3.8) is 0 Å². The number of carbonyl (C=O) groups excluding carboxylic acids is 1. The first-order valence-electron chi connectivity index (χ1n) is 4.37. The molecule has 0 unspecified atom stereocenters. The molecule has 1 saturated heterocycles. The Morgan fingerprint density at radius 2 is 2.06 bits per heavy atom. The predicted molar refractivity (Wildman–Crippen MR) is 56.6 cm³/mol. The molecule has 88 valence electrons. The van der Waals surface area contributed by atoms with E-state index in [1.165, 1.54) is 12.1 Å². The molecule has 0 N–H and O–H groups in total. The molecule has 0 bridgehead atoms. The molecule has 1 aromatic rings. The minimum Gasteiger partial charge on any atom is -0.550 e. The van der Waals surface area contributed by atoms with Crippen LogP contribution in [0.1, 0.15) is 0 Å². The van der Waals surface area contributed by atoms with Gasteiger partial charge in [-0.05, 0) is 12.1 Å². The van der Waals surface area contributed by atoms with E-state index < -0.39 is 21.9 Å². The molecular formula is C8H7ClLiNO4S2. The van der Waals surface area contributed by atoms with Crippen molar-refractivity contribution >= 4 is 38.9 Å². The fourth-order valence-corrected chi connectivity index (χ4v) is 4.51. The zero-order valence-electron chi connectivity index (χ0n) is 8.92. The Morgan fingerprint density at radius 1 is 1.47 bits per heavy atom. The summed E-state index contributed by atoms with van der Waals surface area (Å²) in [6.45, 7) is -0.0552. The van der Waals surface area contributed by atoms with Gasteiger partial charge in [-0.1, -0.05) is 11.6 Å². The minimum atomic E-state index is -3.57. The third-order valence-corrected chi connectivity index (χ3v) is 5.85. The van der Waals surface area contributed by atoms with Gasteiger partial charge in [0.1, 0.15) is 4.21 Å². The summed E-state index contributed by atoms with van der Waals surface area (Å²) in [6, 6.07) is 2.91. The summed E-state index contributed by atoms with van der Waals surface area (Å²) >= 11 is 6.60. The van der Waals surface area contributed by atoms with Crippen LogP contribution in [-0.2, 0) is 14.8 Å². The molecule has 5 nitrogen and oxygen atoms in total.